The van der Waals surface area contributed by atoms with E-state index in [1.54, 1.807) is 7.05 Å². The Bertz CT molecular complexity index is 834. The molecule has 0 saturated heterocycles. The van der Waals surface area contributed by atoms with Crippen molar-refractivity contribution in [2.75, 3.05) is 26.7 Å². The van der Waals surface area contributed by atoms with E-state index in [2.05, 4.69) is 59.3 Å². The minimum Gasteiger partial charge on any atom is -0.357 e. The summed E-state index contributed by atoms with van der Waals surface area (Å²) in [7, 11) is 1.65. The summed E-state index contributed by atoms with van der Waals surface area (Å²) in [6.45, 7) is 4.48. The number of aliphatic imine (C=N–C) groups is 1. The standard InChI is InChI=1S/C24H32N4O.HI/c1-3-26-23(27-16-13-19-9-7-10-20(17-19)22(29)25-2)28-18-24(14-8-15-24)21-11-5-4-6-12-21;/h4-7,9-12,17H,3,8,13-16,18H2,1-2H3,(H,25,29)(H2,26,27,28);1H. The minimum absolute atomic E-state index is 0. The monoisotopic (exact) mass is 520 g/mol. The predicted octanol–water partition coefficient (Wildman–Crippen LogP) is 3.88. The number of halogens is 1. The third kappa shape index (κ3) is 6.20. The first-order valence-electron chi connectivity index (χ1n) is 10.6. The molecule has 6 heteroatoms. The second-order valence-corrected chi connectivity index (χ2v) is 7.65. The lowest BCUT2D eigenvalue weighted by atomic mass is 9.64. The Balaban J connectivity index is 0.00000320. The van der Waals surface area contributed by atoms with Gasteiger partial charge in [-0.15, -0.1) is 24.0 Å². The molecule has 1 amide bonds. The van der Waals surface area contributed by atoms with Crippen LogP contribution in [0.1, 0.15) is 47.7 Å². The van der Waals surface area contributed by atoms with E-state index in [1.165, 1.54) is 24.8 Å². The Kier molecular flexibility index (Phi) is 9.62. The molecule has 0 radical (unpaired) electrons. The first-order chi connectivity index (χ1) is 14.2. The van der Waals surface area contributed by atoms with Crippen LogP contribution in [-0.4, -0.2) is 38.5 Å². The number of nitrogens with one attached hydrogen (secondary N) is 3. The van der Waals surface area contributed by atoms with Crippen molar-refractivity contribution >= 4 is 35.8 Å². The number of hydrogen-bond donors (Lipinski definition) is 3. The van der Waals surface area contributed by atoms with Crippen molar-refractivity contribution in [1.29, 1.82) is 0 Å². The summed E-state index contributed by atoms with van der Waals surface area (Å²) in [5.74, 6) is 0.804. The van der Waals surface area contributed by atoms with Crippen LogP contribution in [0.2, 0.25) is 0 Å². The summed E-state index contributed by atoms with van der Waals surface area (Å²) < 4.78 is 0. The van der Waals surface area contributed by atoms with Crippen molar-refractivity contribution in [3.05, 3.63) is 71.3 Å². The van der Waals surface area contributed by atoms with Gasteiger partial charge in [-0.2, -0.15) is 0 Å². The molecule has 1 aliphatic carbocycles. The molecule has 0 aromatic heterocycles. The maximum atomic E-state index is 11.8. The fourth-order valence-corrected chi connectivity index (χ4v) is 3.84. The van der Waals surface area contributed by atoms with Crippen molar-refractivity contribution < 1.29 is 4.79 Å². The molecule has 0 aliphatic heterocycles. The summed E-state index contributed by atoms with van der Waals surface area (Å²) >= 11 is 0. The molecular formula is C24H33IN4O. The Hall–Kier alpha value is -2.09. The van der Waals surface area contributed by atoms with Gasteiger partial charge in [-0.3, -0.25) is 9.79 Å². The van der Waals surface area contributed by atoms with E-state index >= 15 is 0 Å². The minimum atomic E-state index is -0.0542. The van der Waals surface area contributed by atoms with Gasteiger partial charge in [0, 0.05) is 31.1 Å². The zero-order valence-electron chi connectivity index (χ0n) is 17.9. The van der Waals surface area contributed by atoms with Crippen LogP contribution >= 0.6 is 24.0 Å². The highest BCUT2D eigenvalue weighted by molar-refractivity contribution is 14.0. The van der Waals surface area contributed by atoms with Gasteiger partial charge >= 0.3 is 0 Å². The Morgan fingerprint density at radius 2 is 1.83 bits per heavy atom. The van der Waals surface area contributed by atoms with Gasteiger partial charge in [-0.05, 0) is 49.4 Å². The molecular weight excluding hydrogens is 487 g/mol. The topological polar surface area (TPSA) is 65.5 Å². The SMILES string of the molecule is CCNC(=NCC1(c2ccccc2)CCC1)NCCc1cccc(C(=O)NC)c1.I. The zero-order valence-corrected chi connectivity index (χ0v) is 20.2. The first-order valence-corrected chi connectivity index (χ1v) is 10.6. The van der Waals surface area contributed by atoms with Crippen LogP contribution in [0.3, 0.4) is 0 Å². The quantitative estimate of drug-likeness (QED) is 0.281. The molecule has 1 fully saturated rings. The average molecular weight is 520 g/mol. The average Bonchev–Trinajstić information content (AvgIpc) is 2.73. The Morgan fingerprint density at radius 3 is 2.47 bits per heavy atom. The normalized spacial score (nSPS) is 14.8. The van der Waals surface area contributed by atoms with E-state index in [0.717, 1.165) is 37.6 Å². The van der Waals surface area contributed by atoms with Gasteiger partial charge in [0.25, 0.3) is 5.91 Å². The van der Waals surface area contributed by atoms with Crippen molar-refractivity contribution in [1.82, 2.24) is 16.0 Å². The zero-order chi connectivity index (χ0) is 20.5. The number of benzene rings is 2. The molecule has 162 valence electrons. The Morgan fingerprint density at radius 1 is 1.07 bits per heavy atom. The van der Waals surface area contributed by atoms with E-state index in [-0.39, 0.29) is 35.3 Å². The van der Waals surface area contributed by atoms with Crippen LogP contribution < -0.4 is 16.0 Å². The number of guanidine groups is 1. The summed E-state index contributed by atoms with van der Waals surface area (Å²) in [4.78, 5) is 16.7. The van der Waals surface area contributed by atoms with Gasteiger partial charge in [-0.1, -0.05) is 48.9 Å². The molecule has 5 nitrogen and oxygen atoms in total. The third-order valence-electron chi connectivity index (χ3n) is 5.70. The van der Waals surface area contributed by atoms with E-state index in [4.69, 9.17) is 4.99 Å². The van der Waals surface area contributed by atoms with Crippen LogP contribution in [-0.2, 0) is 11.8 Å². The smallest absolute Gasteiger partial charge is 0.251 e. The molecule has 0 bridgehead atoms. The fourth-order valence-electron chi connectivity index (χ4n) is 3.84. The summed E-state index contributed by atoms with van der Waals surface area (Å²) in [6.07, 6.45) is 4.51. The van der Waals surface area contributed by atoms with Crippen molar-refractivity contribution in [3.8, 4) is 0 Å². The molecule has 2 aromatic rings. The predicted molar refractivity (Wildman–Crippen MR) is 135 cm³/mol. The van der Waals surface area contributed by atoms with Gasteiger partial charge in [0.15, 0.2) is 5.96 Å². The highest BCUT2D eigenvalue weighted by Crippen LogP contribution is 2.43. The molecule has 0 spiro atoms. The van der Waals surface area contributed by atoms with Crippen LogP contribution in [0.5, 0.6) is 0 Å². The summed E-state index contributed by atoms with van der Waals surface area (Å²) in [5.41, 5.74) is 3.41. The molecule has 2 aromatic carbocycles. The van der Waals surface area contributed by atoms with Crippen LogP contribution in [0.25, 0.3) is 0 Å². The number of carbonyl (C=O) groups excluding carboxylic acids is 1. The number of amides is 1. The van der Waals surface area contributed by atoms with E-state index < -0.39 is 0 Å². The van der Waals surface area contributed by atoms with Gasteiger partial charge < -0.3 is 16.0 Å². The van der Waals surface area contributed by atoms with Crippen LogP contribution in [0, 0.1) is 0 Å². The molecule has 0 heterocycles. The molecule has 1 saturated carbocycles. The number of nitrogens with zero attached hydrogens (tertiary/aromatic N) is 1. The summed E-state index contributed by atoms with van der Waals surface area (Å²) in [5, 5.41) is 9.47. The molecule has 3 rings (SSSR count). The number of rotatable bonds is 8. The second kappa shape index (κ2) is 11.9. The summed E-state index contributed by atoms with van der Waals surface area (Å²) in [6, 6.07) is 18.5. The van der Waals surface area contributed by atoms with Crippen LogP contribution in [0.15, 0.2) is 59.6 Å². The van der Waals surface area contributed by atoms with E-state index in [0.29, 0.717) is 5.56 Å². The maximum Gasteiger partial charge on any atom is 0.251 e. The highest BCUT2D eigenvalue weighted by atomic mass is 127. The second-order valence-electron chi connectivity index (χ2n) is 7.65. The lowest BCUT2D eigenvalue weighted by molar-refractivity contribution is 0.0963. The molecule has 3 N–H and O–H groups in total. The molecule has 1 aliphatic rings. The van der Waals surface area contributed by atoms with Crippen molar-refractivity contribution in [3.63, 3.8) is 0 Å². The first kappa shape index (κ1) is 24.2. The van der Waals surface area contributed by atoms with Crippen molar-refractivity contribution in [2.24, 2.45) is 4.99 Å². The largest absolute Gasteiger partial charge is 0.357 e. The molecule has 0 unspecified atom stereocenters. The lowest BCUT2D eigenvalue weighted by Gasteiger charge is -2.41. The maximum absolute atomic E-state index is 11.8. The molecule has 30 heavy (non-hydrogen) atoms. The molecule has 0 atom stereocenters. The van der Waals surface area contributed by atoms with E-state index in [9.17, 15) is 4.79 Å². The Labute approximate surface area is 197 Å². The van der Waals surface area contributed by atoms with Gasteiger partial charge in [0.05, 0.1) is 6.54 Å². The van der Waals surface area contributed by atoms with Crippen LogP contribution in [0.4, 0.5) is 0 Å². The van der Waals surface area contributed by atoms with Crippen molar-refractivity contribution in [2.45, 2.75) is 38.0 Å². The fraction of sp³-hybridized carbons (Fsp3) is 0.417. The van der Waals surface area contributed by atoms with Gasteiger partial charge in [0.2, 0.25) is 0 Å². The third-order valence-corrected chi connectivity index (χ3v) is 5.70. The highest BCUT2D eigenvalue weighted by Gasteiger charge is 2.38. The van der Waals surface area contributed by atoms with Gasteiger partial charge in [-0.25, -0.2) is 0 Å². The van der Waals surface area contributed by atoms with E-state index in [1.807, 2.05) is 18.2 Å². The number of hydrogen-bond acceptors (Lipinski definition) is 2. The lowest BCUT2D eigenvalue weighted by Crippen LogP contribution is -2.42. The number of carbonyl (C=O) groups is 1. The van der Waals surface area contributed by atoms with Gasteiger partial charge in [0.1, 0.15) is 0 Å².